The molecule has 0 aromatic carbocycles. The Morgan fingerprint density at radius 3 is 2.61 bits per heavy atom. The van der Waals surface area contributed by atoms with Gasteiger partial charge in [-0.15, -0.1) is 0 Å². The van der Waals surface area contributed by atoms with E-state index < -0.39 is 0 Å². The Kier molecular flexibility index (Phi) is 7.09. The van der Waals surface area contributed by atoms with Crippen molar-refractivity contribution in [3.05, 3.63) is 0 Å². The van der Waals surface area contributed by atoms with Crippen LogP contribution in [0.2, 0.25) is 0 Å². The summed E-state index contributed by atoms with van der Waals surface area (Å²) in [5.41, 5.74) is 0.425. The van der Waals surface area contributed by atoms with E-state index in [1.807, 2.05) is 0 Å². The standard InChI is InChI=1S/C14H29N3O/c1-4-15-13(16-10-7-11-18-3)17-12-14(2)8-5-6-9-14/h4-12H2,1-3H3,(H2,15,16,17). The number of methoxy groups -OCH3 is 1. The lowest BCUT2D eigenvalue weighted by Crippen LogP contribution is -2.38. The monoisotopic (exact) mass is 255 g/mol. The zero-order valence-corrected chi connectivity index (χ0v) is 12.2. The fourth-order valence-electron chi connectivity index (χ4n) is 2.42. The maximum absolute atomic E-state index is 5.04. The molecular formula is C14H29N3O. The molecule has 0 aromatic heterocycles. The van der Waals surface area contributed by atoms with E-state index in [-0.39, 0.29) is 0 Å². The quantitative estimate of drug-likeness (QED) is 0.416. The predicted molar refractivity (Wildman–Crippen MR) is 77.0 cm³/mol. The van der Waals surface area contributed by atoms with Crippen LogP contribution in [0.4, 0.5) is 0 Å². The molecule has 0 aliphatic heterocycles. The zero-order valence-electron chi connectivity index (χ0n) is 12.2. The van der Waals surface area contributed by atoms with Crippen molar-refractivity contribution in [2.45, 2.75) is 46.0 Å². The second-order valence-corrected chi connectivity index (χ2v) is 5.49. The van der Waals surface area contributed by atoms with Crippen molar-refractivity contribution in [1.82, 2.24) is 10.6 Å². The van der Waals surface area contributed by atoms with Gasteiger partial charge in [-0.25, -0.2) is 0 Å². The summed E-state index contributed by atoms with van der Waals surface area (Å²) in [5.74, 6) is 0.946. The molecule has 0 heterocycles. The first kappa shape index (κ1) is 15.3. The highest BCUT2D eigenvalue weighted by atomic mass is 16.5. The van der Waals surface area contributed by atoms with E-state index in [4.69, 9.17) is 9.73 Å². The van der Waals surface area contributed by atoms with E-state index in [1.54, 1.807) is 7.11 Å². The highest BCUT2D eigenvalue weighted by Gasteiger charge is 2.28. The molecule has 0 saturated heterocycles. The maximum atomic E-state index is 5.04. The SMILES string of the molecule is CCNC(=NCC1(C)CCCC1)NCCCOC. The number of hydrogen-bond acceptors (Lipinski definition) is 2. The highest BCUT2D eigenvalue weighted by Crippen LogP contribution is 2.37. The van der Waals surface area contributed by atoms with E-state index in [0.717, 1.165) is 38.6 Å². The average Bonchev–Trinajstić information content (AvgIpc) is 2.79. The topological polar surface area (TPSA) is 45.7 Å². The van der Waals surface area contributed by atoms with Crippen LogP contribution in [0.3, 0.4) is 0 Å². The molecule has 0 spiro atoms. The third-order valence-electron chi connectivity index (χ3n) is 3.59. The number of aliphatic imine (C=N–C) groups is 1. The second kappa shape index (κ2) is 8.35. The summed E-state index contributed by atoms with van der Waals surface area (Å²) < 4.78 is 5.04. The van der Waals surface area contributed by atoms with Gasteiger partial charge in [0.15, 0.2) is 5.96 Å². The zero-order chi connectivity index (χ0) is 13.3. The Morgan fingerprint density at radius 1 is 1.28 bits per heavy atom. The van der Waals surface area contributed by atoms with Gasteiger partial charge in [0.25, 0.3) is 0 Å². The van der Waals surface area contributed by atoms with E-state index in [1.165, 1.54) is 25.7 Å². The fourth-order valence-corrected chi connectivity index (χ4v) is 2.42. The molecule has 1 saturated carbocycles. The van der Waals surface area contributed by atoms with Crippen LogP contribution in [0.25, 0.3) is 0 Å². The second-order valence-electron chi connectivity index (χ2n) is 5.49. The first-order valence-corrected chi connectivity index (χ1v) is 7.21. The summed E-state index contributed by atoms with van der Waals surface area (Å²) in [6.07, 6.45) is 6.38. The van der Waals surface area contributed by atoms with Crippen molar-refractivity contribution in [2.24, 2.45) is 10.4 Å². The number of nitrogens with one attached hydrogen (secondary N) is 2. The molecular weight excluding hydrogens is 226 g/mol. The predicted octanol–water partition coefficient (Wildman–Crippen LogP) is 2.16. The van der Waals surface area contributed by atoms with Gasteiger partial charge in [-0.2, -0.15) is 0 Å². The fraction of sp³-hybridized carbons (Fsp3) is 0.929. The average molecular weight is 255 g/mol. The van der Waals surface area contributed by atoms with Crippen LogP contribution in [0, 0.1) is 5.41 Å². The van der Waals surface area contributed by atoms with Crippen molar-refractivity contribution in [2.75, 3.05) is 33.4 Å². The Balaban J connectivity index is 2.34. The molecule has 2 N–H and O–H groups in total. The molecule has 0 atom stereocenters. The molecule has 0 bridgehead atoms. The van der Waals surface area contributed by atoms with Gasteiger partial charge in [-0.1, -0.05) is 19.8 Å². The van der Waals surface area contributed by atoms with Crippen molar-refractivity contribution >= 4 is 5.96 Å². The van der Waals surface area contributed by atoms with Crippen molar-refractivity contribution in [1.29, 1.82) is 0 Å². The summed E-state index contributed by atoms with van der Waals surface area (Å²) in [5, 5.41) is 6.65. The molecule has 106 valence electrons. The van der Waals surface area contributed by atoms with Crippen LogP contribution in [0.15, 0.2) is 4.99 Å². The molecule has 0 aromatic rings. The number of rotatable bonds is 7. The van der Waals surface area contributed by atoms with Crippen molar-refractivity contribution in [3.63, 3.8) is 0 Å². The molecule has 18 heavy (non-hydrogen) atoms. The smallest absolute Gasteiger partial charge is 0.191 e. The first-order valence-electron chi connectivity index (χ1n) is 7.21. The van der Waals surface area contributed by atoms with Gasteiger partial charge < -0.3 is 15.4 Å². The summed E-state index contributed by atoms with van der Waals surface area (Å²) in [6.45, 7) is 8.02. The Bertz CT molecular complexity index is 247. The number of ether oxygens (including phenoxy) is 1. The van der Waals surface area contributed by atoms with Gasteiger partial charge in [0.2, 0.25) is 0 Å². The lowest BCUT2D eigenvalue weighted by molar-refractivity contribution is 0.195. The van der Waals surface area contributed by atoms with E-state index in [0.29, 0.717) is 5.41 Å². The first-order chi connectivity index (χ1) is 8.70. The molecule has 0 radical (unpaired) electrons. The van der Waals surface area contributed by atoms with Crippen LogP contribution in [-0.2, 0) is 4.74 Å². The van der Waals surface area contributed by atoms with Crippen molar-refractivity contribution < 1.29 is 4.74 Å². The summed E-state index contributed by atoms with van der Waals surface area (Å²) in [4.78, 5) is 4.72. The Morgan fingerprint density at radius 2 is 2.00 bits per heavy atom. The summed E-state index contributed by atoms with van der Waals surface area (Å²) in [7, 11) is 1.74. The van der Waals surface area contributed by atoms with Crippen LogP contribution in [0.1, 0.15) is 46.0 Å². The molecule has 1 aliphatic rings. The Labute approximate surface area is 112 Å². The van der Waals surface area contributed by atoms with E-state index in [9.17, 15) is 0 Å². The molecule has 0 amide bonds. The lowest BCUT2D eigenvalue weighted by atomic mass is 9.89. The lowest BCUT2D eigenvalue weighted by Gasteiger charge is -2.21. The van der Waals surface area contributed by atoms with Gasteiger partial charge in [-0.05, 0) is 31.6 Å². The third-order valence-corrected chi connectivity index (χ3v) is 3.59. The molecule has 0 unspecified atom stereocenters. The van der Waals surface area contributed by atoms with Gasteiger partial charge in [0.1, 0.15) is 0 Å². The van der Waals surface area contributed by atoms with Crippen LogP contribution in [0.5, 0.6) is 0 Å². The number of guanidine groups is 1. The van der Waals surface area contributed by atoms with Gasteiger partial charge in [0, 0.05) is 33.4 Å². The minimum atomic E-state index is 0.425. The van der Waals surface area contributed by atoms with Crippen LogP contribution >= 0.6 is 0 Å². The maximum Gasteiger partial charge on any atom is 0.191 e. The Hall–Kier alpha value is -0.770. The minimum absolute atomic E-state index is 0.425. The van der Waals surface area contributed by atoms with Gasteiger partial charge >= 0.3 is 0 Å². The largest absolute Gasteiger partial charge is 0.385 e. The van der Waals surface area contributed by atoms with E-state index >= 15 is 0 Å². The summed E-state index contributed by atoms with van der Waals surface area (Å²) in [6, 6.07) is 0. The van der Waals surface area contributed by atoms with Gasteiger partial charge in [-0.3, -0.25) is 4.99 Å². The van der Waals surface area contributed by atoms with Crippen molar-refractivity contribution in [3.8, 4) is 0 Å². The van der Waals surface area contributed by atoms with E-state index in [2.05, 4.69) is 24.5 Å². The highest BCUT2D eigenvalue weighted by molar-refractivity contribution is 5.79. The molecule has 1 rings (SSSR count). The number of nitrogens with zero attached hydrogens (tertiary/aromatic N) is 1. The number of hydrogen-bond donors (Lipinski definition) is 2. The van der Waals surface area contributed by atoms with Crippen LogP contribution in [-0.4, -0.2) is 39.3 Å². The summed E-state index contributed by atoms with van der Waals surface area (Å²) >= 11 is 0. The van der Waals surface area contributed by atoms with Gasteiger partial charge in [0.05, 0.1) is 0 Å². The molecule has 1 fully saturated rings. The molecule has 4 heteroatoms. The molecule has 1 aliphatic carbocycles. The molecule has 4 nitrogen and oxygen atoms in total. The normalized spacial score (nSPS) is 18.9. The minimum Gasteiger partial charge on any atom is -0.385 e. The van der Waals surface area contributed by atoms with Crippen LogP contribution < -0.4 is 10.6 Å². The third kappa shape index (κ3) is 5.71.